The second-order valence-corrected chi connectivity index (χ2v) is 6.22. The molecule has 0 bridgehead atoms. The number of alkyl halides is 3. The van der Waals surface area contributed by atoms with Crippen LogP contribution in [0.1, 0.15) is 24.0 Å². The minimum atomic E-state index is -4.40. The van der Waals surface area contributed by atoms with Crippen LogP contribution in [0.2, 0.25) is 0 Å². The number of carbonyl (C=O) groups excluding carboxylic acids is 1. The third-order valence-electron chi connectivity index (χ3n) is 4.67. The lowest BCUT2D eigenvalue weighted by Gasteiger charge is -2.40. The molecule has 0 aliphatic carbocycles. The Morgan fingerprint density at radius 2 is 1.83 bits per heavy atom. The standard InChI is InChI=1S/C17H21F3N2O2/c18-17(19,20)14-5-2-1-4-13(14)12-22-7-3-6-15(16(22)23)21-8-10-24-11-9-21/h1-2,4-5,15H,3,6-12H2/t15-/m0/s1. The van der Waals surface area contributed by atoms with E-state index in [2.05, 4.69) is 4.90 Å². The Morgan fingerprint density at radius 1 is 1.12 bits per heavy atom. The van der Waals surface area contributed by atoms with Gasteiger partial charge in [0, 0.05) is 26.2 Å². The maximum atomic E-state index is 13.1. The highest BCUT2D eigenvalue weighted by atomic mass is 19.4. The van der Waals surface area contributed by atoms with Crippen molar-refractivity contribution in [2.24, 2.45) is 0 Å². The van der Waals surface area contributed by atoms with Gasteiger partial charge in [-0.05, 0) is 24.5 Å². The molecular formula is C17H21F3N2O2. The number of benzene rings is 1. The number of morpholine rings is 1. The van der Waals surface area contributed by atoms with Gasteiger partial charge in [-0.25, -0.2) is 0 Å². The molecule has 3 rings (SSSR count). The van der Waals surface area contributed by atoms with Crippen molar-refractivity contribution in [3.63, 3.8) is 0 Å². The third kappa shape index (κ3) is 3.72. The molecule has 0 saturated carbocycles. The maximum absolute atomic E-state index is 13.1. The van der Waals surface area contributed by atoms with Gasteiger partial charge in [-0.1, -0.05) is 18.2 Å². The predicted molar refractivity (Wildman–Crippen MR) is 82.3 cm³/mol. The first-order chi connectivity index (χ1) is 11.5. The Bertz CT molecular complexity index is 585. The zero-order chi connectivity index (χ0) is 17.2. The molecule has 0 N–H and O–H groups in total. The largest absolute Gasteiger partial charge is 0.416 e. The number of carbonyl (C=O) groups is 1. The predicted octanol–water partition coefficient (Wildman–Crippen LogP) is 2.53. The number of nitrogens with zero attached hydrogens (tertiary/aromatic N) is 2. The lowest BCUT2D eigenvalue weighted by Crippen LogP contribution is -2.54. The van der Waals surface area contributed by atoms with Crippen LogP contribution in [-0.2, 0) is 22.3 Å². The summed E-state index contributed by atoms with van der Waals surface area (Å²) < 4.78 is 44.7. The van der Waals surface area contributed by atoms with Crippen molar-refractivity contribution < 1.29 is 22.7 Å². The number of rotatable bonds is 3. The first-order valence-electron chi connectivity index (χ1n) is 8.22. The van der Waals surface area contributed by atoms with E-state index in [1.165, 1.54) is 12.1 Å². The first-order valence-corrected chi connectivity index (χ1v) is 8.22. The summed E-state index contributed by atoms with van der Waals surface area (Å²) >= 11 is 0. The molecule has 4 nitrogen and oxygen atoms in total. The fraction of sp³-hybridized carbons (Fsp3) is 0.588. The van der Waals surface area contributed by atoms with Crippen molar-refractivity contribution in [3.05, 3.63) is 35.4 Å². The fourth-order valence-corrected chi connectivity index (χ4v) is 3.45. The average molecular weight is 342 g/mol. The minimum Gasteiger partial charge on any atom is -0.379 e. The van der Waals surface area contributed by atoms with E-state index in [1.54, 1.807) is 11.0 Å². The van der Waals surface area contributed by atoms with E-state index in [0.717, 1.165) is 18.9 Å². The number of ether oxygens (including phenoxy) is 1. The van der Waals surface area contributed by atoms with E-state index in [4.69, 9.17) is 4.74 Å². The smallest absolute Gasteiger partial charge is 0.379 e. The number of hydrogen-bond acceptors (Lipinski definition) is 3. The number of hydrogen-bond donors (Lipinski definition) is 0. The van der Waals surface area contributed by atoms with Crippen molar-refractivity contribution in [2.75, 3.05) is 32.8 Å². The second-order valence-electron chi connectivity index (χ2n) is 6.22. The van der Waals surface area contributed by atoms with E-state index in [1.807, 2.05) is 0 Å². The average Bonchev–Trinajstić information content (AvgIpc) is 2.57. The van der Waals surface area contributed by atoms with Crippen LogP contribution in [0.5, 0.6) is 0 Å². The number of amides is 1. The fourth-order valence-electron chi connectivity index (χ4n) is 3.45. The lowest BCUT2D eigenvalue weighted by atomic mass is 10.0. The molecule has 2 aliphatic rings. The summed E-state index contributed by atoms with van der Waals surface area (Å²) in [4.78, 5) is 16.4. The molecule has 24 heavy (non-hydrogen) atoms. The molecular weight excluding hydrogens is 321 g/mol. The van der Waals surface area contributed by atoms with Crippen LogP contribution in [0, 0.1) is 0 Å². The van der Waals surface area contributed by atoms with Gasteiger partial charge in [0.2, 0.25) is 5.91 Å². The van der Waals surface area contributed by atoms with Crippen molar-refractivity contribution in [1.82, 2.24) is 9.80 Å². The van der Waals surface area contributed by atoms with Crippen LogP contribution in [0.25, 0.3) is 0 Å². The van der Waals surface area contributed by atoms with Crippen LogP contribution in [-0.4, -0.2) is 54.6 Å². The summed E-state index contributed by atoms with van der Waals surface area (Å²) in [6.07, 6.45) is -2.84. The maximum Gasteiger partial charge on any atom is 0.416 e. The summed E-state index contributed by atoms with van der Waals surface area (Å²) in [6.45, 7) is 3.11. The van der Waals surface area contributed by atoms with Gasteiger partial charge >= 0.3 is 6.18 Å². The van der Waals surface area contributed by atoms with Gasteiger partial charge in [0.15, 0.2) is 0 Å². The molecule has 1 atom stereocenters. The zero-order valence-corrected chi connectivity index (χ0v) is 13.4. The van der Waals surface area contributed by atoms with Crippen molar-refractivity contribution in [3.8, 4) is 0 Å². The molecule has 2 aliphatic heterocycles. The van der Waals surface area contributed by atoms with Gasteiger partial charge in [0.05, 0.1) is 24.8 Å². The summed E-state index contributed by atoms with van der Waals surface area (Å²) in [7, 11) is 0. The number of piperidine rings is 1. The van der Waals surface area contributed by atoms with Gasteiger partial charge in [-0.2, -0.15) is 13.2 Å². The van der Waals surface area contributed by atoms with E-state index < -0.39 is 11.7 Å². The van der Waals surface area contributed by atoms with Crippen LogP contribution >= 0.6 is 0 Å². The van der Waals surface area contributed by atoms with Crippen LogP contribution < -0.4 is 0 Å². The molecule has 0 radical (unpaired) electrons. The topological polar surface area (TPSA) is 32.8 Å². The zero-order valence-electron chi connectivity index (χ0n) is 13.4. The van der Waals surface area contributed by atoms with Gasteiger partial charge in [-0.15, -0.1) is 0 Å². The normalized spacial score (nSPS) is 23.5. The van der Waals surface area contributed by atoms with Crippen LogP contribution in [0.3, 0.4) is 0 Å². The molecule has 2 heterocycles. The highest BCUT2D eigenvalue weighted by Crippen LogP contribution is 2.33. The van der Waals surface area contributed by atoms with Crippen molar-refractivity contribution >= 4 is 5.91 Å². The SMILES string of the molecule is O=C1[C@@H](N2CCOCC2)CCCN1Cc1ccccc1C(F)(F)F. The molecule has 0 spiro atoms. The summed E-state index contributed by atoms with van der Waals surface area (Å²) in [5.41, 5.74) is -0.507. The Kier molecular flexibility index (Phi) is 5.10. The van der Waals surface area contributed by atoms with Gasteiger partial charge < -0.3 is 9.64 Å². The number of halogens is 3. The molecule has 1 aromatic rings. The molecule has 0 aromatic heterocycles. The summed E-state index contributed by atoms with van der Waals surface area (Å²) in [5.74, 6) is -0.0693. The molecule has 7 heteroatoms. The first kappa shape index (κ1) is 17.2. The summed E-state index contributed by atoms with van der Waals surface area (Å²) in [6, 6.07) is 5.25. The Hall–Kier alpha value is -1.60. The van der Waals surface area contributed by atoms with Crippen molar-refractivity contribution in [1.29, 1.82) is 0 Å². The third-order valence-corrected chi connectivity index (χ3v) is 4.67. The van der Waals surface area contributed by atoms with E-state index in [-0.39, 0.29) is 24.1 Å². The summed E-state index contributed by atoms with van der Waals surface area (Å²) in [5, 5.41) is 0. The van der Waals surface area contributed by atoms with Crippen molar-refractivity contribution in [2.45, 2.75) is 31.6 Å². The van der Waals surface area contributed by atoms with Crippen LogP contribution in [0.4, 0.5) is 13.2 Å². The van der Waals surface area contributed by atoms with Crippen LogP contribution in [0.15, 0.2) is 24.3 Å². The highest BCUT2D eigenvalue weighted by molar-refractivity contribution is 5.82. The Morgan fingerprint density at radius 3 is 2.54 bits per heavy atom. The Balaban J connectivity index is 1.74. The minimum absolute atomic E-state index is 0.00928. The lowest BCUT2D eigenvalue weighted by molar-refractivity contribution is -0.145. The molecule has 1 amide bonds. The van der Waals surface area contributed by atoms with Gasteiger partial charge in [0.25, 0.3) is 0 Å². The van der Waals surface area contributed by atoms with Gasteiger partial charge in [-0.3, -0.25) is 9.69 Å². The van der Waals surface area contributed by atoms with E-state index in [0.29, 0.717) is 32.8 Å². The molecule has 0 unspecified atom stereocenters. The van der Waals surface area contributed by atoms with E-state index in [9.17, 15) is 18.0 Å². The monoisotopic (exact) mass is 342 g/mol. The molecule has 2 fully saturated rings. The van der Waals surface area contributed by atoms with E-state index >= 15 is 0 Å². The van der Waals surface area contributed by atoms with Gasteiger partial charge in [0.1, 0.15) is 0 Å². The Labute approximate surface area is 139 Å². The second kappa shape index (κ2) is 7.11. The number of likely N-dealkylation sites (tertiary alicyclic amines) is 1. The molecule has 132 valence electrons. The molecule has 1 aromatic carbocycles. The quantitative estimate of drug-likeness (QED) is 0.846. The highest BCUT2D eigenvalue weighted by Gasteiger charge is 2.36. The molecule has 2 saturated heterocycles.